The average molecular weight is 297 g/mol. The van der Waals surface area contributed by atoms with E-state index in [9.17, 15) is 4.79 Å². The number of aromatic nitrogens is 1. The number of aromatic amines is 1. The van der Waals surface area contributed by atoms with Gasteiger partial charge in [-0.15, -0.1) is 0 Å². The minimum atomic E-state index is -2.79. The van der Waals surface area contributed by atoms with Gasteiger partial charge in [0.2, 0.25) is 0 Å². The van der Waals surface area contributed by atoms with E-state index in [2.05, 4.69) is 4.74 Å². The van der Waals surface area contributed by atoms with Crippen molar-refractivity contribution in [2.75, 3.05) is 27.2 Å². The highest BCUT2D eigenvalue weighted by Crippen LogP contribution is 2.21. The molecular weight excluding hydrogens is 266 g/mol. The molecule has 2 N–H and O–H groups in total. The zero-order chi connectivity index (χ0) is 23.7. The van der Waals surface area contributed by atoms with Gasteiger partial charge in [0.05, 0.1) is 11.5 Å². The molecule has 5 heteroatoms. The quantitative estimate of drug-likeness (QED) is 0.886. The molecule has 1 amide bonds. The highest BCUT2D eigenvalue weighted by atomic mass is 16.6. The molecule has 1 saturated heterocycles. The summed E-state index contributed by atoms with van der Waals surface area (Å²) in [7, 11) is 2.69. The lowest BCUT2D eigenvalue weighted by molar-refractivity contribution is 0.177. The van der Waals surface area contributed by atoms with Crippen LogP contribution in [0.15, 0.2) is 24.4 Å². The topological polar surface area (TPSA) is 57.4 Å². The van der Waals surface area contributed by atoms with Crippen LogP contribution in [0.5, 0.6) is 0 Å². The maximum absolute atomic E-state index is 11.6. The minimum absolute atomic E-state index is 0.0409. The fourth-order valence-electron chi connectivity index (χ4n) is 1.96. The third-order valence-corrected chi connectivity index (χ3v) is 2.88. The van der Waals surface area contributed by atoms with Crippen molar-refractivity contribution in [3.63, 3.8) is 0 Å². The van der Waals surface area contributed by atoms with Crippen LogP contribution < -0.4 is 5.31 Å². The van der Waals surface area contributed by atoms with Gasteiger partial charge in [-0.25, -0.2) is 4.79 Å². The second-order valence-electron chi connectivity index (χ2n) is 4.79. The van der Waals surface area contributed by atoms with Crippen LogP contribution >= 0.6 is 0 Å². The third-order valence-electron chi connectivity index (χ3n) is 2.88. The van der Waals surface area contributed by atoms with Gasteiger partial charge in [0.15, 0.2) is 2.82 Å². The molecule has 112 valence electrons. The number of benzene rings is 1. The second-order valence-corrected chi connectivity index (χ2v) is 4.79. The molecule has 2 heterocycles. The summed E-state index contributed by atoms with van der Waals surface area (Å²) < 4.78 is 85.6. The molecular formula is C16H21N3O2. The number of hydrogen-bond donors (Lipinski definition) is 2. The summed E-state index contributed by atoms with van der Waals surface area (Å²) in [5.74, 6) is 0. The first-order valence-electron chi connectivity index (χ1n) is 11.2. The summed E-state index contributed by atoms with van der Waals surface area (Å²) in [5.41, 5.74) is -0.0396. The number of nitrogens with zero attached hydrogens (tertiary/aromatic N) is 1. The van der Waals surface area contributed by atoms with Crippen LogP contribution in [0.4, 0.5) is 4.79 Å². The number of hydrogen-bond acceptors (Lipinski definition) is 3. The number of rotatable bonds is 5. The van der Waals surface area contributed by atoms with Crippen molar-refractivity contribution < 1.29 is 23.3 Å². The van der Waals surface area contributed by atoms with Crippen LogP contribution in [0.1, 0.15) is 22.1 Å². The number of nitrogens with one attached hydrogen (secondary N) is 2. The Hall–Kier alpha value is -2.01. The number of carbonyl (C=O) groups is 1. The first-order chi connectivity index (χ1) is 14.0. The fraction of sp³-hybridized carbons (Fsp3) is 0.438. The van der Waals surface area contributed by atoms with Crippen molar-refractivity contribution in [3.05, 3.63) is 35.5 Å². The van der Waals surface area contributed by atoms with E-state index in [-0.39, 0.29) is 27.3 Å². The number of likely N-dealkylation sites (N-methyl/N-ethyl adjacent to an activating group) is 1. The molecule has 0 aliphatic carbocycles. The summed E-state index contributed by atoms with van der Waals surface area (Å²) >= 11 is 0. The number of fused-ring (bicyclic) bond motifs is 1. The van der Waals surface area contributed by atoms with E-state index < -0.39 is 44.1 Å². The normalized spacial score (nSPS) is 32.9. The van der Waals surface area contributed by atoms with Gasteiger partial charge in [-0.05, 0) is 50.1 Å². The molecule has 0 bridgehead atoms. The summed E-state index contributed by atoms with van der Waals surface area (Å²) in [4.78, 5) is 13.3. The highest BCUT2D eigenvalue weighted by Gasteiger charge is 2.22. The van der Waals surface area contributed by atoms with Gasteiger partial charge in [0, 0.05) is 29.1 Å². The van der Waals surface area contributed by atoms with Crippen LogP contribution in [-0.2, 0) is 17.5 Å². The summed E-state index contributed by atoms with van der Waals surface area (Å²) in [6, 6.07) is 1.67. The van der Waals surface area contributed by atoms with Crippen LogP contribution in [0.3, 0.4) is 0 Å². The van der Waals surface area contributed by atoms with E-state index in [1.165, 1.54) is 32.3 Å². The molecule has 1 atom stereocenters. The second kappa shape index (κ2) is 5.77. The molecule has 0 spiro atoms. The molecule has 1 aromatic heterocycles. The van der Waals surface area contributed by atoms with Crippen molar-refractivity contribution in [1.82, 2.24) is 15.2 Å². The number of alkyl carbamates (subject to hydrolysis) is 1. The van der Waals surface area contributed by atoms with Crippen molar-refractivity contribution >= 4 is 17.0 Å². The number of ether oxygens (including phenoxy) is 1. The molecule has 1 aliphatic heterocycles. The summed E-state index contributed by atoms with van der Waals surface area (Å²) in [5, 5.41) is 0.132. The average Bonchev–Trinajstić information content (AvgIpc) is 2.98. The lowest BCUT2D eigenvalue weighted by atomic mass is 10.0. The molecule has 5 nitrogen and oxygen atoms in total. The Balaban J connectivity index is 2.18. The first kappa shape index (κ1) is 6.40. The van der Waals surface area contributed by atoms with Gasteiger partial charge >= 0.3 is 6.09 Å². The molecule has 1 aliphatic rings. The Morgan fingerprint density at radius 2 is 2.52 bits per heavy atom. The van der Waals surface area contributed by atoms with Crippen LogP contribution in [-0.4, -0.2) is 49.1 Å². The van der Waals surface area contributed by atoms with Crippen molar-refractivity contribution in [2.45, 2.75) is 18.8 Å². The monoisotopic (exact) mass is 297 g/mol. The number of carbonyl (C=O) groups excluding carboxylic acids is 1. The zero-order valence-electron chi connectivity index (χ0n) is 21.6. The van der Waals surface area contributed by atoms with E-state index in [0.717, 1.165) is 4.90 Å². The van der Waals surface area contributed by atoms with Crippen molar-refractivity contribution in [2.24, 2.45) is 0 Å². The molecule has 0 radical (unpaired) electrons. The van der Waals surface area contributed by atoms with Crippen molar-refractivity contribution in [1.29, 1.82) is 0 Å². The Morgan fingerprint density at radius 3 is 3.24 bits per heavy atom. The number of cyclic esters (lactones) is 1. The number of aryl methyl sites for hydroxylation is 1. The number of H-pyrrole nitrogens is 1. The number of amides is 1. The van der Waals surface area contributed by atoms with E-state index in [4.69, 9.17) is 13.8 Å². The maximum Gasteiger partial charge on any atom is 0.407 e. The van der Waals surface area contributed by atoms with Crippen molar-refractivity contribution in [3.8, 4) is 0 Å². The zero-order valence-corrected chi connectivity index (χ0v) is 11.6. The first-order valence-corrected chi connectivity index (χ1v) is 6.32. The van der Waals surface area contributed by atoms with Crippen LogP contribution in [0, 0.1) is 0 Å². The molecule has 0 unspecified atom stereocenters. The van der Waals surface area contributed by atoms with Gasteiger partial charge in [-0.1, -0.05) is 6.07 Å². The summed E-state index contributed by atoms with van der Waals surface area (Å²) in [6.45, 7) is -5.33. The van der Waals surface area contributed by atoms with Crippen LogP contribution in [0.2, 0.25) is 2.82 Å². The summed E-state index contributed by atoms with van der Waals surface area (Å²) in [6.07, 6.45) is -5.08. The standard InChI is InChI=1S/C16H21N3O2/c1-19(2)6-5-12-9-17-15-4-3-11(8-14(12)15)7-13-10-21-16(20)18-13/h3-4,8-9,13,17H,5-7,10H2,1-2H3,(H,18,20)/t13-/m1/s1/i5D2,6D2,9D,10D2,13D/hD2. The molecule has 1 aromatic carbocycles. The van der Waals surface area contributed by atoms with E-state index in [1.807, 2.05) is 0 Å². The largest absolute Gasteiger partial charge is 0.447 e. The lowest BCUT2D eigenvalue weighted by Crippen LogP contribution is -2.28. The Labute approximate surface area is 138 Å². The van der Waals surface area contributed by atoms with E-state index in [0.29, 0.717) is 4.98 Å². The molecule has 21 heavy (non-hydrogen) atoms. The SMILES string of the molecule is [2H]c1c(C([2H])([2H])C([2H])([2H])N(C)C)c2cc(C[C@@]3([2H])N([2H])C(=O)OC3([2H])[2H])ccc2n1[2H]. The van der Waals surface area contributed by atoms with Gasteiger partial charge in [0.25, 0.3) is 0 Å². The van der Waals surface area contributed by atoms with E-state index >= 15 is 0 Å². The Kier molecular flexibility index (Phi) is 1.76. The minimum Gasteiger partial charge on any atom is -0.447 e. The van der Waals surface area contributed by atoms with Gasteiger partial charge in [-0.3, -0.25) is 0 Å². The van der Waals surface area contributed by atoms with Gasteiger partial charge in [-0.2, -0.15) is 0 Å². The third kappa shape index (κ3) is 3.19. The fourth-order valence-corrected chi connectivity index (χ4v) is 1.96. The Bertz CT molecular complexity index is 1050. The molecule has 1 fully saturated rings. The van der Waals surface area contributed by atoms with E-state index in [1.54, 1.807) is 0 Å². The predicted molar refractivity (Wildman–Crippen MR) is 82.5 cm³/mol. The predicted octanol–water partition coefficient (Wildman–Crippen LogP) is 1.92. The van der Waals surface area contributed by atoms with Crippen LogP contribution in [0.25, 0.3) is 10.9 Å². The molecule has 2 aromatic rings. The molecule has 0 saturated carbocycles. The Morgan fingerprint density at radius 1 is 1.67 bits per heavy atom. The van der Waals surface area contributed by atoms with Gasteiger partial charge in [0.1, 0.15) is 6.56 Å². The lowest BCUT2D eigenvalue weighted by Gasteiger charge is -2.09. The maximum atomic E-state index is 11.6. The van der Waals surface area contributed by atoms with Gasteiger partial charge < -0.3 is 19.9 Å². The molecule has 3 rings (SSSR count). The smallest absolute Gasteiger partial charge is 0.407 e. The highest BCUT2D eigenvalue weighted by molar-refractivity contribution is 5.84.